The summed E-state index contributed by atoms with van der Waals surface area (Å²) in [5.74, 6) is 1.08. The molecule has 1 aliphatic carbocycles. The molecule has 7 N–H and O–H groups in total. The zero-order chi connectivity index (χ0) is 20.4. The van der Waals surface area contributed by atoms with Gasteiger partial charge in [-0.15, -0.1) is 5.10 Å². The molecular weight excluding hydrogens is 376 g/mol. The molecule has 1 aliphatic rings. The molecule has 11 heteroatoms. The molecule has 0 bridgehead atoms. The number of nitrogens with two attached hydrogens (primary N) is 1. The third kappa shape index (κ3) is 4.09. The van der Waals surface area contributed by atoms with E-state index < -0.39 is 0 Å². The first-order valence-corrected chi connectivity index (χ1v) is 9.47. The van der Waals surface area contributed by atoms with E-state index in [2.05, 4.69) is 36.0 Å². The van der Waals surface area contributed by atoms with Crippen LogP contribution in [-0.2, 0) is 6.54 Å². The average Bonchev–Trinajstić information content (AvgIpc) is 3.17. The lowest BCUT2D eigenvalue weighted by atomic mass is 9.92. The van der Waals surface area contributed by atoms with Crippen molar-refractivity contribution in [3.05, 3.63) is 17.7 Å². The maximum Gasteiger partial charge on any atom is 0.227 e. The quantitative estimate of drug-likeness (QED) is 0.356. The molecule has 3 aromatic rings. The molecule has 0 spiro atoms. The number of aromatic amines is 1. The summed E-state index contributed by atoms with van der Waals surface area (Å²) in [5, 5.41) is 37.4. The number of fused-ring (bicyclic) bond motifs is 1. The van der Waals surface area contributed by atoms with Gasteiger partial charge in [0.1, 0.15) is 17.2 Å². The van der Waals surface area contributed by atoms with Gasteiger partial charge >= 0.3 is 0 Å². The number of aromatic nitrogens is 5. The first-order valence-electron chi connectivity index (χ1n) is 9.47. The van der Waals surface area contributed by atoms with E-state index in [4.69, 9.17) is 10.5 Å². The van der Waals surface area contributed by atoms with Crippen molar-refractivity contribution in [2.45, 2.75) is 44.3 Å². The van der Waals surface area contributed by atoms with E-state index in [9.17, 15) is 10.2 Å². The first-order chi connectivity index (χ1) is 14.0. The minimum Gasteiger partial charge on any atom is -0.507 e. The van der Waals surface area contributed by atoms with Crippen molar-refractivity contribution in [2.24, 2.45) is 5.73 Å². The molecule has 2 heterocycles. The molecule has 1 aromatic carbocycles. The fourth-order valence-electron chi connectivity index (χ4n) is 3.47. The van der Waals surface area contributed by atoms with Crippen LogP contribution in [0.4, 0.5) is 11.8 Å². The average molecular weight is 400 g/mol. The predicted molar refractivity (Wildman–Crippen MR) is 107 cm³/mol. The number of methoxy groups -OCH3 is 1. The molecule has 0 saturated heterocycles. The van der Waals surface area contributed by atoms with Gasteiger partial charge in [0.25, 0.3) is 0 Å². The van der Waals surface area contributed by atoms with Crippen molar-refractivity contribution in [3.8, 4) is 17.2 Å². The normalized spacial score (nSPS) is 19.2. The van der Waals surface area contributed by atoms with E-state index in [-0.39, 0.29) is 30.1 Å². The number of phenols is 2. The molecule has 0 unspecified atom stereocenters. The summed E-state index contributed by atoms with van der Waals surface area (Å²) in [6.07, 6.45) is 3.85. The zero-order valence-corrected chi connectivity index (χ0v) is 16.0. The van der Waals surface area contributed by atoms with E-state index in [1.807, 2.05) is 0 Å². The number of H-pyrrole nitrogens is 1. The molecule has 11 nitrogen and oxygen atoms in total. The fraction of sp³-hybridized carbons (Fsp3) is 0.444. The Labute approximate surface area is 166 Å². The van der Waals surface area contributed by atoms with Crippen LogP contribution in [0.5, 0.6) is 17.2 Å². The summed E-state index contributed by atoms with van der Waals surface area (Å²) in [5.41, 5.74) is 7.24. The van der Waals surface area contributed by atoms with Gasteiger partial charge in [-0.05, 0) is 25.7 Å². The molecule has 1 fully saturated rings. The molecule has 154 valence electrons. The highest BCUT2D eigenvalue weighted by Crippen LogP contribution is 2.33. The zero-order valence-electron chi connectivity index (χ0n) is 16.0. The van der Waals surface area contributed by atoms with Crippen LogP contribution in [0.15, 0.2) is 12.1 Å². The van der Waals surface area contributed by atoms with Gasteiger partial charge < -0.3 is 31.3 Å². The lowest BCUT2D eigenvalue weighted by Crippen LogP contribution is -2.33. The van der Waals surface area contributed by atoms with Crippen molar-refractivity contribution in [1.82, 2.24) is 25.4 Å². The Bertz CT molecular complexity index is 977. The Hall–Kier alpha value is -3.34. The molecule has 1 saturated carbocycles. The van der Waals surface area contributed by atoms with Crippen molar-refractivity contribution in [3.63, 3.8) is 0 Å². The summed E-state index contributed by atoms with van der Waals surface area (Å²) in [7, 11) is 1.46. The molecule has 29 heavy (non-hydrogen) atoms. The van der Waals surface area contributed by atoms with Crippen LogP contribution < -0.4 is 21.1 Å². The second kappa shape index (κ2) is 7.95. The lowest BCUT2D eigenvalue weighted by molar-refractivity contribution is 0.394. The van der Waals surface area contributed by atoms with Crippen LogP contribution in [-0.4, -0.2) is 54.8 Å². The van der Waals surface area contributed by atoms with Crippen molar-refractivity contribution >= 4 is 22.9 Å². The van der Waals surface area contributed by atoms with Gasteiger partial charge in [0.05, 0.1) is 12.7 Å². The van der Waals surface area contributed by atoms with Gasteiger partial charge in [-0.3, -0.25) is 0 Å². The SMILES string of the molecule is COc1cc(O)c(CNc2nc(NC3CCC(N)CC3)nc3[nH]nnc23)c(O)c1. The van der Waals surface area contributed by atoms with E-state index in [1.165, 1.54) is 19.2 Å². The predicted octanol–water partition coefficient (Wildman–Crippen LogP) is 1.46. The van der Waals surface area contributed by atoms with Gasteiger partial charge in [-0.2, -0.15) is 9.97 Å². The van der Waals surface area contributed by atoms with Crippen molar-refractivity contribution in [2.75, 3.05) is 17.7 Å². The van der Waals surface area contributed by atoms with E-state index in [1.54, 1.807) is 0 Å². The molecule has 0 amide bonds. The Balaban J connectivity index is 1.55. The van der Waals surface area contributed by atoms with Crippen LogP contribution in [0.2, 0.25) is 0 Å². The highest BCUT2D eigenvalue weighted by Gasteiger charge is 2.20. The Morgan fingerprint density at radius 2 is 1.90 bits per heavy atom. The third-order valence-corrected chi connectivity index (χ3v) is 5.14. The minimum atomic E-state index is -0.0864. The number of hydrogen-bond acceptors (Lipinski definition) is 10. The summed E-state index contributed by atoms with van der Waals surface area (Å²) < 4.78 is 5.04. The molecule has 4 rings (SSSR count). The van der Waals surface area contributed by atoms with Crippen LogP contribution >= 0.6 is 0 Å². The van der Waals surface area contributed by atoms with E-state index >= 15 is 0 Å². The number of hydrogen-bond donors (Lipinski definition) is 6. The van der Waals surface area contributed by atoms with Crippen LogP contribution in [0, 0.1) is 0 Å². The topological polar surface area (TPSA) is 167 Å². The Morgan fingerprint density at radius 1 is 1.17 bits per heavy atom. The van der Waals surface area contributed by atoms with Gasteiger partial charge in [-0.1, -0.05) is 5.21 Å². The van der Waals surface area contributed by atoms with Crippen LogP contribution in [0.25, 0.3) is 11.2 Å². The Morgan fingerprint density at radius 3 is 2.59 bits per heavy atom. The Kier molecular flexibility index (Phi) is 5.21. The fourth-order valence-corrected chi connectivity index (χ4v) is 3.47. The largest absolute Gasteiger partial charge is 0.507 e. The summed E-state index contributed by atoms with van der Waals surface area (Å²) in [4.78, 5) is 8.95. The van der Waals surface area contributed by atoms with Crippen LogP contribution in [0.1, 0.15) is 31.2 Å². The first kappa shape index (κ1) is 19.0. The van der Waals surface area contributed by atoms with E-state index in [0.717, 1.165) is 25.7 Å². The van der Waals surface area contributed by atoms with E-state index in [0.29, 0.717) is 34.2 Å². The number of anilines is 2. The summed E-state index contributed by atoms with van der Waals surface area (Å²) in [6, 6.07) is 3.38. The lowest BCUT2D eigenvalue weighted by Gasteiger charge is -2.26. The van der Waals surface area contributed by atoms with Crippen molar-refractivity contribution < 1.29 is 14.9 Å². The maximum atomic E-state index is 10.2. The van der Waals surface area contributed by atoms with Gasteiger partial charge in [0, 0.05) is 30.8 Å². The van der Waals surface area contributed by atoms with Gasteiger partial charge in [0.2, 0.25) is 5.95 Å². The third-order valence-electron chi connectivity index (χ3n) is 5.14. The molecular formula is C18H24N8O3. The standard InChI is InChI=1S/C18H24N8O3/c1-29-11-6-13(27)12(14(28)7-11)8-20-16-15-17(25-26-24-15)23-18(22-16)21-10-4-2-9(19)3-5-10/h6-7,9-10,27-28H,2-5,8,19H2,1H3,(H3,20,21,22,23,24,25,26). The molecule has 0 radical (unpaired) electrons. The second-order valence-electron chi connectivity index (χ2n) is 7.16. The minimum absolute atomic E-state index is 0.0864. The number of phenolic OH excluding ortho intramolecular Hbond substituents is 2. The summed E-state index contributed by atoms with van der Waals surface area (Å²) >= 11 is 0. The smallest absolute Gasteiger partial charge is 0.227 e. The number of benzene rings is 1. The van der Waals surface area contributed by atoms with Gasteiger partial charge in [0.15, 0.2) is 17.0 Å². The molecule has 2 aromatic heterocycles. The second-order valence-corrected chi connectivity index (χ2v) is 7.16. The highest BCUT2D eigenvalue weighted by molar-refractivity contribution is 5.83. The number of nitrogens with one attached hydrogen (secondary N) is 3. The summed E-state index contributed by atoms with van der Waals surface area (Å²) in [6.45, 7) is 0.123. The molecule has 0 aliphatic heterocycles. The number of aromatic hydroxyl groups is 2. The maximum absolute atomic E-state index is 10.2. The van der Waals surface area contributed by atoms with Crippen molar-refractivity contribution in [1.29, 1.82) is 0 Å². The number of nitrogens with zero attached hydrogens (tertiary/aromatic N) is 4. The number of rotatable bonds is 6. The van der Waals surface area contributed by atoms with Crippen LogP contribution in [0.3, 0.4) is 0 Å². The van der Waals surface area contributed by atoms with Gasteiger partial charge in [-0.25, -0.2) is 5.10 Å². The monoisotopic (exact) mass is 400 g/mol. The number of ether oxygens (including phenoxy) is 1. The highest BCUT2D eigenvalue weighted by atomic mass is 16.5. The molecule has 0 atom stereocenters.